The molecule has 0 fully saturated rings. The summed E-state index contributed by atoms with van der Waals surface area (Å²) in [7, 11) is 8.26. The van der Waals surface area contributed by atoms with Gasteiger partial charge in [-0.1, -0.05) is 17.7 Å². The third-order valence-corrected chi connectivity index (χ3v) is 4.97. The van der Waals surface area contributed by atoms with Crippen LogP contribution in [0.2, 0.25) is 0 Å². The van der Waals surface area contributed by atoms with Gasteiger partial charge in [-0.15, -0.1) is 4.57 Å². The summed E-state index contributed by atoms with van der Waals surface area (Å²) in [4.78, 5) is 9.17. The SMILES string of the molecule is Cc1ccc(-[n+]2c3cc(N(C)C)ccc3nc3ccc(N(C)C)cc32)cc1. The predicted octanol–water partition coefficient (Wildman–Crippen LogP) is 4.11. The molecule has 0 aliphatic heterocycles. The van der Waals surface area contributed by atoms with Crippen LogP contribution >= 0.6 is 0 Å². The second-order valence-electron chi connectivity index (χ2n) is 7.42. The Morgan fingerprint density at radius 1 is 0.667 bits per heavy atom. The van der Waals surface area contributed by atoms with Crippen molar-refractivity contribution >= 4 is 33.4 Å². The summed E-state index contributed by atoms with van der Waals surface area (Å²) in [5, 5.41) is 0. The molecule has 0 spiro atoms. The first-order valence-corrected chi connectivity index (χ1v) is 9.15. The molecule has 0 saturated carbocycles. The van der Waals surface area contributed by atoms with Crippen LogP contribution in [0.15, 0.2) is 60.7 Å². The minimum absolute atomic E-state index is 0.992. The van der Waals surface area contributed by atoms with E-state index in [0.29, 0.717) is 0 Å². The van der Waals surface area contributed by atoms with Crippen LogP contribution in [0.25, 0.3) is 27.8 Å². The van der Waals surface area contributed by atoms with Crippen LogP contribution in [-0.2, 0) is 0 Å². The quantitative estimate of drug-likeness (QED) is 0.407. The first-order chi connectivity index (χ1) is 12.9. The zero-order valence-electron chi connectivity index (χ0n) is 16.6. The fraction of sp³-hybridized carbons (Fsp3) is 0.217. The van der Waals surface area contributed by atoms with E-state index in [1.165, 1.54) is 5.56 Å². The second kappa shape index (κ2) is 6.54. The Hall–Kier alpha value is -3.14. The molecule has 4 nitrogen and oxygen atoms in total. The lowest BCUT2D eigenvalue weighted by Crippen LogP contribution is -2.33. The zero-order valence-corrected chi connectivity index (χ0v) is 16.6. The van der Waals surface area contributed by atoms with Crippen molar-refractivity contribution in [2.75, 3.05) is 38.0 Å². The molecule has 0 bridgehead atoms. The highest BCUT2D eigenvalue weighted by Gasteiger charge is 2.21. The molecule has 1 heterocycles. The van der Waals surface area contributed by atoms with Gasteiger partial charge in [-0.3, -0.25) is 0 Å². The molecule has 4 aromatic rings. The lowest BCUT2D eigenvalue weighted by atomic mass is 10.1. The second-order valence-corrected chi connectivity index (χ2v) is 7.42. The monoisotopic (exact) mass is 357 g/mol. The number of benzene rings is 3. The first kappa shape index (κ1) is 17.3. The highest BCUT2D eigenvalue weighted by molar-refractivity contribution is 5.86. The Balaban J connectivity index is 2.14. The van der Waals surface area contributed by atoms with Gasteiger partial charge in [0.2, 0.25) is 16.7 Å². The molecule has 4 rings (SSSR count). The van der Waals surface area contributed by atoms with Gasteiger partial charge in [0.25, 0.3) is 0 Å². The topological polar surface area (TPSA) is 23.2 Å². The van der Waals surface area contributed by atoms with Crippen molar-refractivity contribution in [1.29, 1.82) is 0 Å². The number of aryl methyl sites for hydroxylation is 1. The molecule has 3 aromatic carbocycles. The number of hydrogen-bond donors (Lipinski definition) is 0. The summed E-state index contributed by atoms with van der Waals surface area (Å²) in [5.41, 5.74) is 8.91. The van der Waals surface area contributed by atoms with Gasteiger partial charge in [-0.25, -0.2) is 4.98 Å². The van der Waals surface area contributed by atoms with E-state index in [0.717, 1.165) is 39.1 Å². The Morgan fingerprint density at radius 3 is 1.59 bits per heavy atom. The normalized spacial score (nSPS) is 11.1. The number of hydrogen-bond acceptors (Lipinski definition) is 3. The van der Waals surface area contributed by atoms with Crippen molar-refractivity contribution in [1.82, 2.24) is 4.98 Å². The van der Waals surface area contributed by atoms with E-state index in [2.05, 4.69) is 110 Å². The van der Waals surface area contributed by atoms with Gasteiger partial charge >= 0.3 is 0 Å². The molecular formula is C23H25N4+. The molecule has 0 aliphatic rings. The summed E-state index contributed by atoms with van der Waals surface area (Å²) in [6, 6.07) is 21.6. The van der Waals surface area contributed by atoms with E-state index < -0.39 is 0 Å². The minimum atomic E-state index is 0.992. The Bertz CT molecular complexity index is 1060. The van der Waals surface area contributed by atoms with Crippen molar-refractivity contribution in [3.63, 3.8) is 0 Å². The van der Waals surface area contributed by atoms with Gasteiger partial charge in [0.15, 0.2) is 0 Å². The van der Waals surface area contributed by atoms with Crippen LogP contribution in [0, 0.1) is 6.92 Å². The van der Waals surface area contributed by atoms with Gasteiger partial charge in [0.05, 0.1) is 0 Å². The van der Waals surface area contributed by atoms with Crippen LogP contribution in [0.3, 0.4) is 0 Å². The van der Waals surface area contributed by atoms with Crippen molar-refractivity contribution in [2.24, 2.45) is 0 Å². The molecule has 0 radical (unpaired) electrons. The van der Waals surface area contributed by atoms with Crippen LogP contribution in [0.1, 0.15) is 5.56 Å². The smallest absolute Gasteiger partial charge is 0.239 e. The Labute approximate surface area is 160 Å². The molecule has 0 amide bonds. The maximum Gasteiger partial charge on any atom is 0.239 e. The van der Waals surface area contributed by atoms with E-state index in [-0.39, 0.29) is 0 Å². The summed E-state index contributed by atoms with van der Waals surface area (Å²) in [5.74, 6) is 0. The highest BCUT2D eigenvalue weighted by Crippen LogP contribution is 2.24. The number of anilines is 2. The van der Waals surface area contributed by atoms with E-state index in [4.69, 9.17) is 4.98 Å². The van der Waals surface area contributed by atoms with Crippen molar-refractivity contribution in [3.05, 3.63) is 66.2 Å². The number of aromatic nitrogens is 2. The molecule has 4 heteroatoms. The Morgan fingerprint density at radius 2 is 1.15 bits per heavy atom. The van der Waals surface area contributed by atoms with Crippen molar-refractivity contribution in [2.45, 2.75) is 6.92 Å². The van der Waals surface area contributed by atoms with Crippen LogP contribution < -0.4 is 14.4 Å². The number of rotatable bonds is 3. The fourth-order valence-electron chi connectivity index (χ4n) is 3.36. The molecule has 0 atom stereocenters. The maximum absolute atomic E-state index is 4.92. The lowest BCUT2D eigenvalue weighted by molar-refractivity contribution is -0.538. The molecule has 27 heavy (non-hydrogen) atoms. The van der Waals surface area contributed by atoms with Gasteiger partial charge in [-0.2, -0.15) is 0 Å². The summed E-state index contributed by atoms with van der Waals surface area (Å²) in [6.45, 7) is 2.12. The van der Waals surface area contributed by atoms with Gasteiger partial charge in [0, 0.05) is 63.8 Å². The van der Waals surface area contributed by atoms with E-state index in [1.54, 1.807) is 0 Å². The van der Waals surface area contributed by atoms with Gasteiger partial charge in [-0.05, 0) is 31.2 Å². The molecule has 1 aromatic heterocycles. The average molecular weight is 357 g/mol. The summed E-state index contributed by atoms with van der Waals surface area (Å²) < 4.78 is 2.32. The van der Waals surface area contributed by atoms with Gasteiger partial charge < -0.3 is 9.80 Å². The molecule has 0 unspecified atom stereocenters. The summed E-state index contributed by atoms with van der Waals surface area (Å²) in [6.07, 6.45) is 0. The number of fused-ring (bicyclic) bond motifs is 2. The van der Waals surface area contributed by atoms with E-state index in [1.807, 2.05) is 0 Å². The van der Waals surface area contributed by atoms with Crippen LogP contribution in [0.4, 0.5) is 11.4 Å². The maximum atomic E-state index is 4.92. The molecule has 136 valence electrons. The minimum Gasteiger partial charge on any atom is -0.377 e. The zero-order chi connectivity index (χ0) is 19.1. The van der Waals surface area contributed by atoms with Gasteiger partial charge in [0.1, 0.15) is 11.0 Å². The standard InChI is InChI=1S/C23H25N4/c1-16-6-8-17(9-7-16)27-22-14-18(25(2)3)10-12-20(22)24-21-13-11-19(26(4)5)15-23(21)27/h6-15H,1-5H3/q+1. The lowest BCUT2D eigenvalue weighted by Gasteiger charge is -2.14. The van der Waals surface area contributed by atoms with Crippen LogP contribution in [0.5, 0.6) is 0 Å². The third kappa shape index (κ3) is 3.08. The fourth-order valence-corrected chi connectivity index (χ4v) is 3.36. The molecule has 0 saturated heterocycles. The molecular weight excluding hydrogens is 332 g/mol. The van der Waals surface area contributed by atoms with E-state index >= 15 is 0 Å². The van der Waals surface area contributed by atoms with Crippen molar-refractivity contribution in [3.8, 4) is 5.69 Å². The van der Waals surface area contributed by atoms with Crippen LogP contribution in [-0.4, -0.2) is 33.2 Å². The van der Waals surface area contributed by atoms with E-state index in [9.17, 15) is 0 Å². The molecule has 0 N–H and O–H groups in total. The Kier molecular flexibility index (Phi) is 4.19. The first-order valence-electron chi connectivity index (χ1n) is 9.15. The number of nitrogens with zero attached hydrogens (tertiary/aromatic N) is 4. The average Bonchev–Trinajstić information content (AvgIpc) is 2.66. The largest absolute Gasteiger partial charge is 0.377 e. The third-order valence-electron chi connectivity index (χ3n) is 4.97. The predicted molar refractivity (Wildman–Crippen MR) is 114 cm³/mol. The highest BCUT2D eigenvalue weighted by atomic mass is 15.1. The van der Waals surface area contributed by atoms with Crippen molar-refractivity contribution < 1.29 is 4.57 Å². The summed E-state index contributed by atoms with van der Waals surface area (Å²) >= 11 is 0. The molecule has 0 aliphatic carbocycles.